The van der Waals surface area contributed by atoms with Gasteiger partial charge in [-0.1, -0.05) is 0 Å². The van der Waals surface area contributed by atoms with E-state index in [0.717, 1.165) is 23.2 Å². The summed E-state index contributed by atoms with van der Waals surface area (Å²) < 4.78 is 6.61. The van der Waals surface area contributed by atoms with Crippen LogP contribution in [0.15, 0.2) is 10.5 Å². The number of ether oxygens (including phenoxy) is 1. The lowest BCUT2D eigenvalue weighted by atomic mass is 9.96. The summed E-state index contributed by atoms with van der Waals surface area (Å²) in [5, 5.41) is 3.55. The second-order valence-corrected chi connectivity index (χ2v) is 5.66. The van der Waals surface area contributed by atoms with Gasteiger partial charge in [0.2, 0.25) is 0 Å². The molecule has 1 aromatic rings. The van der Waals surface area contributed by atoms with E-state index in [2.05, 4.69) is 41.2 Å². The zero-order valence-corrected chi connectivity index (χ0v) is 12.4. The molecule has 0 radical (unpaired) electrons. The minimum Gasteiger partial charge on any atom is -0.495 e. The zero-order chi connectivity index (χ0) is 12.4. The Balaban J connectivity index is 2.35. The number of nitrogens with one attached hydrogen (secondary N) is 1. The third-order valence-corrected chi connectivity index (χ3v) is 4.28. The third-order valence-electron chi connectivity index (χ3n) is 3.70. The van der Waals surface area contributed by atoms with Crippen molar-refractivity contribution in [2.24, 2.45) is 0 Å². The van der Waals surface area contributed by atoms with Crippen molar-refractivity contribution in [3.63, 3.8) is 0 Å². The van der Waals surface area contributed by atoms with Crippen molar-refractivity contribution in [2.75, 3.05) is 13.7 Å². The maximum absolute atomic E-state index is 5.55. The average Bonchev–Trinajstić information content (AvgIpc) is 2.78. The van der Waals surface area contributed by atoms with E-state index in [1.54, 1.807) is 7.11 Å². The van der Waals surface area contributed by atoms with Crippen molar-refractivity contribution in [3.05, 3.63) is 27.2 Å². The van der Waals surface area contributed by atoms with Crippen LogP contribution in [0.4, 0.5) is 0 Å². The van der Waals surface area contributed by atoms with E-state index in [9.17, 15) is 0 Å². The fraction of sp³-hybridized carbons (Fsp3) is 0.571. The van der Waals surface area contributed by atoms with Gasteiger partial charge in [-0.05, 0) is 72.8 Å². The number of hydrogen-bond acceptors (Lipinski definition) is 2. The number of benzene rings is 1. The Bertz CT molecular complexity index is 411. The van der Waals surface area contributed by atoms with E-state index in [1.165, 1.54) is 29.5 Å². The Morgan fingerprint density at radius 1 is 1.47 bits per heavy atom. The van der Waals surface area contributed by atoms with Gasteiger partial charge in [0, 0.05) is 11.6 Å². The lowest BCUT2D eigenvalue weighted by molar-refractivity contribution is 0.403. The van der Waals surface area contributed by atoms with Gasteiger partial charge >= 0.3 is 0 Å². The molecule has 0 aromatic heterocycles. The molecule has 1 aliphatic rings. The van der Waals surface area contributed by atoms with Crippen LogP contribution in [0.25, 0.3) is 0 Å². The van der Waals surface area contributed by atoms with Gasteiger partial charge in [-0.25, -0.2) is 0 Å². The first kappa shape index (κ1) is 12.9. The molecule has 2 nitrogen and oxygen atoms in total. The van der Waals surface area contributed by atoms with Crippen LogP contribution in [0.3, 0.4) is 0 Å². The van der Waals surface area contributed by atoms with Crippen LogP contribution in [-0.4, -0.2) is 19.7 Å². The van der Waals surface area contributed by atoms with E-state index in [0.29, 0.717) is 6.04 Å². The first-order valence-corrected chi connectivity index (χ1v) is 6.98. The maximum Gasteiger partial charge on any atom is 0.136 e. The van der Waals surface area contributed by atoms with Crippen LogP contribution >= 0.6 is 15.9 Å². The molecule has 2 rings (SSSR count). The van der Waals surface area contributed by atoms with Crippen molar-refractivity contribution in [3.8, 4) is 5.75 Å². The molecular formula is C14H20BrNO. The van der Waals surface area contributed by atoms with Crippen LogP contribution in [0, 0.1) is 13.8 Å². The van der Waals surface area contributed by atoms with Crippen LogP contribution in [-0.2, 0) is 6.42 Å². The maximum atomic E-state index is 5.55. The lowest BCUT2D eigenvalue weighted by Crippen LogP contribution is -2.24. The quantitative estimate of drug-likeness (QED) is 0.924. The molecule has 0 amide bonds. The second kappa shape index (κ2) is 5.40. The molecule has 0 bridgehead atoms. The van der Waals surface area contributed by atoms with Crippen molar-refractivity contribution in [1.29, 1.82) is 0 Å². The summed E-state index contributed by atoms with van der Waals surface area (Å²) in [5.41, 5.74) is 4.03. The molecule has 1 atom stereocenters. The van der Waals surface area contributed by atoms with E-state index in [-0.39, 0.29) is 0 Å². The number of hydrogen-bond donors (Lipinski definition) is 1. The Kier molecular flexibility index (Phi) is 4.10. The molecule has 17 heavy (non-hydrogen) atoms. The number of halogens is 1. The second-order valence-electron chi connectivity index (χ2n) is 4.81. The normalized spacial score (nSPS) is 19.6. The topological polar surface area (TPSA) is 21.3 Å². The Morgan fingerprint density at radius 3 is 2.82 bits per heavy atom. The van der Waals surface area contributed by atoms with Gasteiger partial charge in [0.05, 0.1) is 11.6 Å². The van der Waals surface area contributed by atoms with Gasteiger partial charge in [-0.15, -0.1) is 0 Å². The van der Waals surface area contributed by atoms with Gasteiger partial charge in [0.1, 0.15) is 5.75 Å². The summed E-state index contributed by atoms with van der Waals surface area (Å²) >= 11 is 3.60. The Morgan fingerprint density at radius 2 is 2.24 bits per heavy atom. The van der Waals surface area contributed by atoms with Gasteiger partial charge in [-0.2, -0.15) is 0 Å². The molecule has 1 aromatic carbocycles. The van der Waals surface area contributed by atoms with Crippen molar-refractivity contribution in [2.45, 2.75) is 39.2 Å². The summed E-state index contributed by atoms with van der Waals surface area (Å²) in [7, 11) is 1.75. The predicted octanol–water partition coefficient (Wildman–Crippen LogP) is 3.37. The largest absolute Gasteiger partial charge is 0.495 e. The van der Waals surface area contributed by atoms with Crippen molar-refractivity contribution < 1.29 is 4.74 Å². The fourth-order valence-electron chi connectivity index (χ4n) is 2.56. The molecule has 0 spiro atoms. The minimum absolute atomic E-state index is 0.608. The summed E-state index contributed by atoms with van der Waals surface area (Å²) in [6, 6.07) is 2.75. The standard InChI is InChI=1S/C14H20BrNO/c1-9-7-13(15)14(17-3)12(10(9)2)8-11-5-4-6-16-11/h7,11,16H,4-6,8H2,1-3H3. The Labute approximate surface area is 112 Å². The molecule has 3 heteroatoms. The monoisotopic (exact) mass is 297 g/mol. The lowest BCUT2D eigenvalue weighted by Gasteiger charge is -2.18. The van der Waals surface area contributed by atoms with Gasteiger partial charge in [-0.3, -0.25) is 0 Å². The first-order valence-electron chi connectivity index (χ1n) is 6.19. The fourth-order valence-corrected chi connectivity index (χ4v) is 3.30. The molecule has 1 unspecified atom stereocenters. The highest BCUT2D eigenvalue weighted by atomic mass is 79.9. The number of rotatable bonds is 3. The SMILES string of the molecule is COc1c(Br)cc(C)c(C)c1CC1CCCN1. The summed E-state index contributed by atoms with van der Waals surface area (Å²) in [4.78, 5) is 0. The molecule has 1 heterocycles. The molecule has 1 N–H and O–H groups in total. The molecule has 1 fully saturated rings. The average molecular weight is 298 g/mol. The highest BCUT2D eigenvalue weighted by molar-refractivity contribution is 9.10. The van der Waals surface area contributed by atoms with Crippen LogP contribution in [0.5, 0.6) is 5.75 Å². The van der Waals surface area contributed by atoms with E-state index in [1.807, 2.05) is 0 Å². The van der Waals surface area contributed by atoms with Crippen LogP contribution in [0.1, 0.15) is 29.5 Å². The molecule has 1 aliphatic heterocycles. The van der Waals surface area contributed by atoms with Crippen LogP contribution < -0.4 is 10.1 Å². The van der Waals surface area contributed by atoms with Gasteiger partial charge in [0.25, 0.3) is 0 Å². The highest BCUT2D eigenvalue weighted by Crippen LogP contribution is 2.35. The zero-order valence-electron chi connectivity index (χ0n) is 10.8. The summed E-state index contributed by atoms with van der Waals surface area (Å²) in [5.74, 6) is 1.00. The minimum atomic E-state index is 0.608. The first-order chi connectivity index (χ1) is 8.13. The summed E-state index contributed by atoms with van der Waals surface area (Å²) in [6.07, 6.45) is 3.63. The molecule has 1 saturated heterocycles. The summed E-state index contributed by atoms with van der Waals surface area (Å²) in [6.45, 7) is 5.50. The van der Waals surface area contributed by atoms with Crippen molar-refractivity contribution >= 4 is 15.9 Å². The third kappa shape index (κ3) is 2.66. The van der Waals surface area contributed by atoms with E-state index < -0.39 is 0 Å². The van der Waals surface area contributed by atoms with Crippen molar-refractivity contribution in [1.82, 2.24) is 5.32 Å². The molecule has 0 aliphatic carbocycles. The smallest absolute Gasteiger partial charge is 0.136 e. The van der Waals surface area contributed by atoms with E-state index in [4.69, 9.17) is 4.74 Å². The van der Waals surface area contributed by atoms with Gasteiger partial charge < -0.3 is 10.1 Å². The highest BCUT2D eigenvalue weighted by Gasteiger charge is 2.20. The Hall–Kier alpha value is -0.540. The molecule has 0 saturated carbocycles. The number of methoxy groups -OCH3 is 1. The molecular weight excluding hydrogens is 278 g/mol. The number of aryl methyl sites for hydroxylation is 1. The van der Waals surface area contributed by atoms with Crippen LogP contribution in [0.2, 0.25) is 0 Å². The van der Waals surface area contributed by atoms with E-state index >= 15 is 0 Å². The molecule has 94 valence electrons. The predicted molar refractivity (Wildman–Crippen MR) is 74.9 cm³/mol. The van der Waals surface area contributed by atoms with Gasteiger partial charge in [0.15, 0.2) is 0 Å².